The van der Waals surface area contributed by atoms with Gasteiger partial charge in [0.2, 0.25) is 5.95 Å². The lowest BCUT2D eigenvalue weighted by atomic mass is 9.86. The van der Waals surface area contributed by atoms with E-state index in [1.54, 1.807) is 17.1 Å². The highest BCUT2D eigenvalue weighted by molar-refractivity contribution is 6.33. The highest BCUT2D eigenvalue weighted by Crippen LogP contribution is 2.45. The second-order valence-corrected chi connectivity index (χ2v) is 8.90. The molecule has 0 spiro atoms. The van der Waals surface area contributed by atoms with Crippen molar-refractivity contribution in [2.45, 2.75) is 38.2 Å². The van der Waals surface area contributed by atoms with Crippen molar-refractivity contribution in [3.63, 3.8) is 0 Å². The fraction of sp³-hybridized carbons (Fsp3) is 0.348. The van der Waals surface area contributed by atoms with Gasteiger partial charge in [-0.25, -0.2) is 9.97 Å². The Balaban J connectivity index is 1.76. The van der Waals surface area contributed by atoms with Gasteiger partial charge in [0, 0.05) is 36.5 Å². The molecule has 7 nitrogen and oxygen atoms in total. The molecule has 1 aromatic carbocycles. The van der Waals surface area contributed by atoms with Crippen molar-refractivity contribution >= 4 is 29.1 Å². The van der Waals surface area contributed by atoms with E-state index in [1.807, 2.05) is 31.0 Å². The first-order valence-electron chi connectivity index (χ1n) is 10.1. The first kappa shape index (κ1) is 21.2. The van der Waals surface area contributed by atoms with Crippen LogP contribution in [0.3, 0.4) is 0 Å². The fourth-order valence-electron chi connectivity index (χ4n) is 3.86. The van der Waals surface area contributed by atoms with E-state index in [1.165, 1.54) is 11.8 Å². The number of anilines is 3. The Kier molecular flexibility index (Phi) is 5.16. The monoisotopic (exact) mass is 436 g/mol. The lowest BCUT2D eigenvalue weighted by molar-refractivity contribution is 0.0916. The Bertz CT molecular complexity index is 1210. The molecule has 3 heterocycles. The van der Waals surface area contributed by atoms with Crippen molar-refractivity contribution in [2.24, 2.45) is 7.05 Å². The summed E-state index contributed by atoms with van der Waals surface area (Å²) in [4.78, 5) is 14.7. The number of nitrogen functional groups attached to an aromatic ring is 1. The second kappa shape index (κ2) is 7.56. The minimum atomic E-state index is -1.32. The van der Waals surface area contributed by atoms with Crippen LogP contribution in [0.1, 0.15) is 44.0 Å². The smallest absolute Gasteiger partial charge is 0.222 e. The van der Waals surface area contributed by atoms with Crippen LogP contribution in [0.15, 0.2) is 36.9 Å². The quantitative estimate of drug-likeness (QED) is 0.610. The molecule has 0 saturated heterocycles. The highest BCUT2D eigenvalue weighted by atomic mass is 35.5. The number of fused-ring (bicyclic) bond motifs is 1. The molecule has 3 aromatic rings. The van der Waals surface area contributed by atoms with Crippen LogP contribution in [0.4, 0.5) is 17.5 Å². The maximum Gasteiger partial charge on any atom is 0.222 e. The largest absolute Gasteiger partial charge is 0.372 e. The predicted octanol–water partition coefficient (Wildman–Crippen LogP) is 3.52. The number of rotatable bonds is 3. The van der Waals surface area contributed by atoms with Crippen LogP contribution >= 0.6 is 11.6 Å². The van der Waals surface area contributed by atoms with Crippen LogP contribution in [-0.4, -0.2) is 31.2 Å². The van der Waals surface area contributed by atoms with Crippen molar-refractivity contribution in [1.29, 1.82) is 0 Å². The van der Waals surface area contributed by atoms with Crippen molar-refractivity contribution in [3.05, 3.63) is 58.8 Å². The van der Waals surface area contributed by atoms with Crippen molar-refractivity contribution < 1.29 is 5.11 Å². The number of hydrogen-bond acceptors (Lipinski definition) is 6. The van der Waals surface area contributed by atoms with Gasteiger partial charge in [-0.2, -0.15) is 4.98 Å². The van der Waals surface area contributed by atoms with Crippen LogP contribution in [0.2, 0.25) is 5.02 Å². The Morgan fingerprint density at radius 1 is 1.32 bits per heavy atom. The average molecular weight is 437 g/mol. The minimum Gasteiger partial charge on any atom is -0.372 e. The molecule has 3 N–H and O–H groups in total. The zero-order chi connectivity index (χ0) is 22.4. The third-order valence-corrected chi connectivity index (χ3v) is 5.89. The van der Waals surface area contributed by atoms with E-state index in [9.17, 15) is 5.11 Å². The summed E-state index contributed by atoms with van der Waals surface area (Å²) in [6, 6.07) is 6.05. The molecule has 160 valence electrons. The van der Waals surface area contributed by atoms with Gasteiger partial charge in [0.05, 0.1) is 12.5 Å². The van der Waals surface area contributed by atoms with Gasteiger partial charge in [-0.05, 0) is 24.1 Å². The van der Waals surface area contributed by atoms with Gasteiger partial charge in [0.15, 0.2) is 11.4 Å². The number of nitrogens with two attached hydrogens (primary N) is 1. The summed E-state index contributed by atoms with van der Waals surface area (Å²) in [7, 11) is 1.86. The Labute approximate surface area is 186 Å². The number of aliphatic hydroxyl groups is 1. The maximum atomic E-state index is 11.0. The molecule has 0 fully saturated rings. The molecule has 0 aliphatic carbocycles. The number of aryl methyl sites for hydroxylation is 1. The molecule has 2 aromatic heterocycles. The van der Waals surface area contributed by atoms with E-state index in [2.05, 4.69) is 46.7 Å². The van der Waals surface area contributed by atoms with Gasteiger partial charge in [0.25, 0.3) is 0 Å². The normalized spacial score (nSPS) is 16.4. The zero-order valence-corrected chi connectivity index (χ0v) is 18.8. The van der Waals surface area contributed by atoms with E-state index in [0.717, 1.165) is 11.3 Å². The van der Waals surface area contributed by atoms with Crippen LogP contribution in [0.5, 0.6) is 0 Å². The number of hydrogen-bond donors (Lipinski definition) is 2. The topological polar surface area (TPSA) is 93.1 Å². The summed E-state index contributed by atoms with van der Waals surface area (Å²) in [6.45, 7) is 6.93. The standard InChI is InChI=1S/C23H25ClN6O/c1-5-23(31,19-12-29(4)14-27-19)9-8-15-6-7-16-18(10-15)30(13-22(16,2)3)20-17(24)11-26-21(25)28-20/h6-7,10-12,14,31H,5,13H2,1-4H3,(H2,25,26,28). The molecule has 0 amide bonds. The summed E-state index contributed by atoms with van der Waals surface area (Å²) in [5.41, 5.74) is 7.85. The zero-order valence-electron chi connectivity index (χ0n) is 18.0. The van der Waals surface area contributed by atoms with Crippen molar-refractivity contribution in [2.75, 3.05) is 17.2 Å². The van der Waals surface area contributed by atoms with Crippen molar-refractivity contribution in [1.82, 2.24) is 19.5 Å². The predicted molar refractivity (Wildman–Crippen MR) is 122 cm³/mol. The summed E-state index contributed by atoms with van der Waals surface area (Å²) >= 11 is 6.39. The van der Waals surface area contributed by atoms with Gasteiger partial charge in [0.1, 0.15) is 10.7 Å². The summed E-state index contributed by atoms with van der Waals surface area (Å²) in [5, 5.41) is 11.5. The first-order chi connectivity index (χ1) is 14.6. The van der Waals surface area contributed by atoms with E-state index >= 15 is 0 Å². The summed E-state index contributed by atoms with van der Waals surface area (Å²) in [5.74, 6) is 6.90. The third kappa shape index (κ3) is 3.85. The second-order valence-electron chi connectivity index (χ2n) is 8.49. The summed E-state index contributed by atoms with van der Waals surface area (Å²) in [6.07, 6.45) is 5.38. The number of aromatic nitrogens is 4. The molecule has 0 radical (unpaired) electrons. The molecule has 0 saturated carbocycles. The number of benzene rings is 1. The average Bonchev–Trinajstić information content (AvgIpc) is 3.29. The Morgan fingerprint density at radius 2 is 2.10 bits per heavy atom. The minimum absolute atomic E-state index is 0.109. The van der Waals surface area contributed by atoms with E-state index in [4.69, 9.17) is 17.3 Å². The summed E-state index contributed by atoms with van der Waals surface area (Å²) < 4.78 is 1.80. The Hall–Kier alpha value is -3.08. The van der Waals surface area contributed by atoms with E-state index in [-0.39, 0.29) is 11.4 Å². The molecule has 8 heteroatoms. The fourth-order valence-corrected chi connectivity index (χ4v) is 4.05. The molecule has 0 bridgehead atoms. The highest BCUT2D eigenvalue weighted by Gasteiger charge is 2.37. The molecule has 4 rings (SSSR count). The third-order valence-electron chi connectivity index (χ3n) is 5.62. The van der Waals surface area contributed by atoms with Crippen LogP contribution in [0.25, 0.3) is 0 Å². The van der Waals surface area contributed by atoms with Crippen LogP contribution in [0, 0.1) is 11.8 Å². The molecular weight excluding hydrogens is 412 g/mol. The van der Waals surface area contributed by atoms with Gasteiger partial charge >= 0.3 is 0 Å². The molecule has 31 heavy (non-hydrogen) atoms. The SMILES string of the molecule is CCC(O)(C#Cc1ccc2c(c1)N(c1nc(N)ncc1Cl)CC2(C)C)c1cn(C)cn1. The van der Waals surface area contributed by atoms with Gasteiger partial charge in [-0.3, -0.25) is 0 Å². The number of halogens is 1. The van der Waals surface area contributed by atoms with Crippen LogP contribution < -0.4 is 10.6 Å². The molecule has 1 aliphatic rings. The van der Waals surface area contributed by atoms with E-state index < -0.39 is 5.60 Å². The molecule has 1 atom stereocenters. The lowest BCUT2D eigenvalue weighted by Gasteiger charge is -2.22. The maximum absolute atomic E-state index is 11.0. The Morgan fingerprint density at radius 3 is 2.77 bits per heavy atom. The molecular formula is C23H25ClN6O. The van der Waals surface area contributed by atoms with Gasteiger partial charge in [-0.15, -0.1) is 0 Å². The van der Waals surface area contributed by atoms with Gasteiger partial charge < -0.3 is 20.3 Å². The molecule has 1 unspecified atom stereocenters. The van der Waals surface area contributed by atoms with Gasteiger partial charge in [-0.1, -0.05) is 50.3 Å². The van der Waals surface area contributed by atoms with E-state index in [0.29, 0.717) is 29.5 Å². The number of imidazole rings is 1. The molecule has 1 aliphatic heterocycles. The first-order valence-corrected chi connectivity index (χ1v) is 10.4. The van der Waals surface area contributed by atoms with Crippen molar-refractivity contribution in [3.8, 4) is 11.8 Å². The number of nitrogens with zero attached hydrogens (tertiary/aromatic N) is 5. The van der Waals surface area contributed by atoms with Crippen LogP contribution in [-0.2, 0) is 18.1 Å². The lowest BCUT2D eigenvalue weighted by Crippen LogP contribution is -2.26.